The maximum atomic E-state index is 12.8. The van der Waals surface area contributed by atoms with E-state index in [0.29, 0.717) is 23.8 Å². The first-order valence-electron chi connectivity index (χ1n) is 8.34. The molecule has 2 aliphatic rings. The fourth-order valence-electron chi connectivity index (χ4n) is 2.77. The van der Waals surface area contributed by atoms with Crippen molar-refractivity contribution in [3.8, 4) is 0 Å². The number of aliphatic imine (C=N–C) groups is 1. The molecule has 0 spiro atoms. The maximum absolute atomic E-state index is 12.8. The molecule has 6 nitrogen and oxygen atoms in total. The number of amides is 1. The van der Waals surface area contributed by atoms with E-state index in [2.05, 4.69) is 15.6 Å². The highest BCUT2D eigenvalue weighted by atomic mass is 19.4. The number of rotatable bonds is 5. The summed E-state index contributed by atoms with van der Waals surface area (Å²) in [5.74, 6) is -0.190. The van der Waals surface area contributed by atoms with E-state index in [1.807, 2.05) is 0 Å². The number of nitrogens with one attached hydrogen (secondary N) is 2. The monoisotopic (exact) mass is 380 g/mol. The minimum Gasteiger partial charge on any atom is -0.390 e. The Morgan fingerprint density at radius 1 is 1.41 bits per heavy atom. The topological polar surface area (TPSA) is 77.0 Å². The number of carbonyl (C=O) groups excluding carboxylic acids is 1. The Morgan fingerprint density at radius 3 is 2.89 bits per heavy atom. The van der Waals surface area contributed by atoms with Crippen LogP contribution in [0.4, 0.5) is 13.2 Å². The van der Waals surface area contributed by atoms with Crippen LogP contribution in [0.25, 0.3) is 0 Å². The summed E-state index contributed by atoms with van der Waals surface area (Å²) in [4.78, 5) is 18.1. The molecule has 0 saturated heterocycles. The van der Waals surface area contributed by atoms with E-state index < -0.39 is 17.7 Å². The number of hydrogen-bond acceptors (Lipinski definition) is 5. The second-order valence-electron chi connectivity index (χ2n) is 6.27. The van der Waals surface area contributed by atoms with E-state index in [1.165, 1.54) is 6.07 Å². The molecule has 0 fully saturated rings. The van der Waals surface area contributed by atoms with Crippen molar-refractivity contribution in [2.45, 2.75) is 12.7 Å². The van der Waals surface area contributed by atoms with Crippen molar-refractivity contribution < 1.29 is 23.1 Å². The third kappa shape index (κ3) is 4.88. The highest BCUT2D eigenvalue weighted by Gasteiger charge is 2.30. The van der Waals surface area contributed by atoms with Crippen LogP contribution in [0.15, 0.2) is 53.4 Å². The molecule has 0 saturated carbocycles. The summed E-state index contributed by atoms with van der Waals surface area (Å²) in [6, 6.07) is 5.16. The second-order valence-corrected chi connectivity index (χ2v) is 6.27. The molecule has 0 aromatic heterocycles. The van der Waals surface area contributed by atoms with Crippen LogP contribution in [-0.2, 0) is 17.5 Å². The molecular formula is C18H19F3N4O2. The number of benzene rings is 1. The van der Waals surface area contributed by atoms with Crippen molar-refractivity contribution >= 4 is 11.6 Å². The van der Waals surface area contributed by atoms with Crippen LogP contribution in [0, 0.1) is 5.92 Å². The number of carbonyl (C=O) groups is 1. The van der Waals surface area contributed by atoms with E-state index >= 15 is 0 Å². The average Bonchev–Trinajstić information content (AvgIpc) is 3.08. The van der Waals surface area contributed by atoms with Crippen LogP contribution >= 0.6 is 0 Å². The van der Waals surface area contributed by atoms with Gasteiger partial charge in [0.05, 0.1) is 37.0 Å². The second kappa shape index (κ2) is 7.83. The molecule has 27 heavy (non-hydrogen) atoms. The molecule has 0 radical (unpaired) electrons. The van der Waals surface area contributed by atoms with Gasteiger partial charge in [0, 0.05) is 12.7 Å². The van der Waals surface area contributed by atoms with Crippen molar-refractivity contribution in [1.82, 2.24) is 15.5 Å². The zero-order valence-corrected chi connectivity index (χ0v) is 14.3. The molecule has 3 N–H and O–H groups in total. The molecule has 0 aliphatic carbocycles. The lowest BCUT2D eigenvalue weighted by Crippen LogP contribution is -2.35. The number of halogens is 3. The van der Waals surface area contributed by atoms with Gasteiger partial charge in [-0.1, -0.05) is 18.2 Å². The Balaban J connectivity index is 1.57. The smallest absolute Gasteiger partial charge is 0.390 e. The van der Waals surface area contributed by atoms with Gasteiger partial charge in [-0.25, -0.2) is 0 Å². The number of aliphatic hydroxyl groups excluding tert-OH is 1. The lowest BCUT2D eigenvalue weighted by atomic mass is 10.1. The van der Waals surface area contributed by atoms with Gasteiger partial charge < -0.3 is 20.6 Å². The van der Waals surface area contributed by atoms with Crippen molar-refractivity contribution in [1.29, 1.82) is 0 Å². The quantitative estimate of drug-likeness (QED) is 0.725. The van der Waals surface area contributed by atoms with Crippen LogP contribution in [0.5, 0.6) is 0 Å². The van der Waals surface area contributed by atoms with Gasteiger partial charge in [0.15, 0.2) is 0 Å². The predicted octanol–water partition coefficient (Wildman–Crippen LogP) is 1.60. The van der Waals surface area contributed by atoms with Gasteiger partial charge in [-0.15, -0.1) is 0 Å². The highest BCUT2D eigenvalue weighted by Crippen LogP contribution is 2.29. The van der Waals surface area contributed by atoms with Crippen LogP contribution in [0.2, 0.25) is 0 Å². The molecule has 9 heteroatoms. The van der Waals surface area contributed by atoms with Gasteiger partial charge in [0.1, 0.15) is 5.82 Å². The van der Waals surface area contributed by atoms with Gasteiger partial charge in [-0.05, 0) is 23.8 Å². The molecule has 3 rings (SSSR count). The van der Waals surface area contributed by atoms with E-state index in [-0.39, 0.29) is 25.6 Å². The van der Waals surface area contributed by atoms with E-state index in [1.54, 1.807) is 29.3 Å². The summed E-state index contributed by atoms with van der Waals surface area (Å²) < 4.78 is 38.4. The van der Waals surface area contributed by atoms with E-state index in [9.17, 15) is 18.0 Å². The van der Waals surface area contributed by atoms with E-state index in [4.69, 9.17) is 5.11 Å². The number of alkyl halides is 3. The summed E-state index contributed by atoms with van der Waals surface area (Å²) in [7, 11) is 0. The summed E-state index contributed by atoms with van der Waals surface area (Å²) >= 11 is 0. The molecule has 1 atom stereocenters. The SMILES string of the molecule is O=C(NC1=CN(Cc2cccc(C(F)(F)F)c2)CN1)C1C=CC(CO)=NC1. The summed E-state index contributed by atoms with van der Waals surface area (Å²) in [5.41, 5.74) is 0.373. The standard InChI is InChI=1S/C18H19F3N4O2/c19-18(20,21)14-3-1-2-12(6-14)8-25-9-16(23-11-25)24-17(27)13-4-5-15(10-26)22-7-13/h1-6,9,13,23,26H,7-8,10-11H2,(H,24,27). The Kier molecular flexibility index (Phi) is 5.50. The zero-order chi connectivity index (χ0) is 19.4. The van der Waals surface area contributed by atoms with Crippen LogP contribution in [0.1, 0.15) is 11.1 Å². The van der Waals surface area contributed by atoms with Gasteiger partial charge in [-0.2, -0.15) is 13.2 Å². The lowest BCUT2D eigenvalue weighted by Gasteiger charge is -2.15. The molecule has 144 valence electrons. The third-order valence-electron chi connectivity index (χ3n) is 4.19. The molecule has 1 aromatic rings. The Morgan fingerprint density at radius 2 is 2.22 bits per heavy atom. The highest BCUT2D eigenvalue weighted by molar-refractivity contribution is 5.98. The van der Waals surface area contributed by atoms with Crippen LogP contribution in [-0.4, -0.2) is 41.4 Å². The average molecular weight is 380 g/mol. The van der Waals surface area contributed by atoms with Crippen molar-refractivity contribution in [2.24, 2.45) is 10.9 Å². The predicted molar refractivity (Wildman–Crippen MR) is 93.2 cm³/mol. The van der Waals surface area contributed by atoms with E-state index in [0.717, 1.165) is 12.1 Å². The molecule has 2 aliphatic heterocycles. The van der Waals surface area contributed by atoms with Gasteiger partial charge >= 0.3 is 6.18 Å². The summed E-state index contributed by atoms with van der Waals surface area (Å²) in [6.07, 6.45) is 0.585. The number of dihydropyridines is 1. The summed E-state index contributed by atoms with van der Waals surface area (Å²) in [5, 5.41) is 14.7. The third-order valence-corrected chi connectivity index (χ3v) is 4.19. The number of nitrogens with zero attached hydrogens (tertiary/aromatic N) is 2. The minimum absolute atomic E-state index is 0.165. The first-order chi connectivity index (χ1) is 12.8. The molecule has 1 amide bonds. The first-order valence-corrected chi connectivity index (χ1v) is 8.34. The van der Waals surface area contributed by atoms with Crippen molar-refractivity contribution in [3.63, 3.8) is 0 Å². The van der Waals surface area contributed by atoms with Gasteiger partial charge in [-0.3, -0.25) is 9.79 Å². The first kappa shape index (κ1) is 19.0. The van der Waals surface area contributed by atoms with Crippen molar-refractivity contribution in [3.05, 3.63) is 59.6 Å². The largest absolute Gasteiger partial charge is 0.416 e. The Bertz CT molecular complexity index is 802. The molecule has 2 heterocycles. The Hall–Kier alpha value is -2.81. The van der Waals surface area contributed by atoms with Crippen LogP contribution < -0.4 is 10.6 Å². The zero-order valence-electron chi connectivity index (χ0n) is 14.3. The maximum Gasteiger partial charge on any atom is 0.416 e. The Labute approximate surface area is 154 Å². The van der Waals surface area contributed by atoms with Crippen molar-refractivity contribution in [2.75, 3.05) is 19.8 Å². The molecule has 1 unspecified atom stereocenters. The molecule has 0 bridgehead atoms. The van der Waals surface area contributed by atoms with Gasteiger partial charge in [0.25, 0.3) is 0 Å². The van der Waals surface area contributed by atoms with Gasteiger partial charge in [0.2, 0.25) is 5.91 Å². The minimum atomic E-state index is -4.37. The molecular weight excluding hydrogens is 361 g/mol. The number of aliphatic hydroxyl groups is 1. The summed E-state index contributed by atoms with van der Waals surface area (Å²) in [6.45, 7) is 0.754. The van der Waals surface area contributed by atoms with Crippen LogP contribution in [0.3, 0.4) is 0 Å². The fraction of sp³-hybridized carbons (Fsp3) is 0.333. The lowest BCUT2D eigenvalue weighted by molar-refractivity contribution is -0.137. The number of hydrogen-bond donors (Lipinski definition) is 3. The fourth-order valence-corrected chi connectivity index (χ4v) is 2.77. The normalized spacial score (nSPS) is 19.4. The molecule has 1 aromatic carbocycles.